The molecule has 2 aromatic carbocycles. The van der Waals surface area contributed by atoms with Gasteiger partial charge in [-0.3, -0.25) is 4.79 Å². The van der Waals surface area contributed by atoms with Crippen LogP contribution in [0, 0.1) is 0 Å². The molecule has 1 aliphatic heterocycles. The van der Waals surface area contributed by atoms with Crippen LogP contribution in [0.3, 0.4) is 0 Å². The molecule has 1 amide bonds. The number of para-hydroxylation sites is 1. The fraction of sp³-hybridized carbons (Fsp3) is 0.269. The van der Waals surface area contributed by atoms with Crippen LogP contribution in [0.4, 0.5) is 29.9 Å². The van der Waals surface area contributed by atoms with Crippen molar-refractivity contribution in [1.82, 2.24) is 15.2 Å². The van der Waals surface area contributed by atoms with Gasteiger partial charge in [0.25, 0.3) is 11.8 Å². The van der Waals surface area contributed by atoms with Gasteiger partial charge < -0.3 is 25.1 Å². The highest BCUT2D eigenvalue weighted by Gasteiger charge is 2.38. The van der Waals surface area contributed by atoms with Gasteiger partial charge in [-0.25, -0.2) is 9.98 Å². The average molecular weight is 572 g/mol. The van der Waals surface area contributed by atoms with E-state index in [2.05, 4.69) is 36.1 Å². The van der Waals surface area contributed by atoms with Crippen LogP contribution in [0.1, 0.15) is 30.0 Å². The van der Waals surface area contributed by atoms with Gasteiger partial charge in [0.2, 0.25) is 11.2 Å². The van der Waals surface area contributed by atoms with E-state index in [9.17, 15) is 18.0 Å². The first-order chi connectivity index (χ1) is 19.0. The number of methoxy groups -OCH3 is 1. The highest BCUT2D eigenvalue weighted by Crippen LogP contribution is 2.41. The average Bonchev–Trinajstić information content (AvgIpc) is 3.51. The van der Waals surface area contributed by atoms with Crippen LogP contribution in [-0.4, -0.2) is 52.2 Å². The smallest absolute Gasteiger partial charge is 0.402 e. The first-order valence-corrected chi connectivity index (χ1v) is 12.8. The number of benzene rings is 2. The van der Waals surface area contributed by atoms with Gasteiger partial charge in [0.1, 0.15) is 5.00 Å². The highest BCUT2D eigenvalue weighted by molar-refractivity contribution is 7.16. The Balaban J connectivity index is 1.48. The summed E-state index contributed by atoms with van der Waals surface area (Å²) in [4.78, 5) is 21.5. The lowest BCUT2D eigenvalue weighted by Crippen LogP contribution is -2.35. The number of nitrogens with zero attached hydrogens (tertiary/aromatic N) is 4. The van der Waals surface area contributed by atoms with Crippen LogP contribution >= 0.6 is 11.3 Å². The first kappa shape index (κ1) is 27.3. The SMILES string of the molecule is COCC(C)(C)Nc1sc(C(F)(F)F)nc1-c1nnc(N[C@H]2N=C(c3ccccc3)c3ccccc3NC2=O)o1. The molecule has 0 fully saturated rings. The number of carbonyl (C=O) groups is 1. The lowest BCUT2D eigenvalue weighted by atomic mass is 10.0. The maximum Gasteiger partial charge on any atom is 0.443 e. The first-order valence-electron chi connectivity index (χ1n) is 12.0. The number of thiazole rings is 1. The van der Waals surface area contributed by atoms with Crippen molar-refractivity contribution in [3.8, 4) is 11.6 Å². The maximum atomic E-state index is 13.5. The molecule has 0 unspecified atom stereocenters. The van der Waals surface area contributed by atoms with Gasteiger partial charge in [-0.05, 0) is 19.9 Å². The molecule has 1 atom stereocenters. The van der Waals surface area contributed by atoms with E-state index in [0.29, 0.717) is 28.3 Å². The van der Waals surface area contributed by atoms with Crippen LogP contribution in [0.25, 0.3) is 11.6 Å². The Morgan fingerprint density at radius 1 is 1.07 bits per heavy atom. The summed E-state index contributed by atoms with van der Waals surface area (Å²) in [5.41, 5.74) is 1.72. The fourth-order valence-electron chi connectivity index (χ4n) is 4.05. The second-order valence-corrected chi connectivity index (χ2v) is 10.5. The molecule has 5 rings (SSSR count). The van der Waals surface area contributed by atoms with Crippen molar-refractivity contribution in [3.63, 3.8) is 0 Å². The fourth-order valence-corrected chi connectivity index (χ4v) is 5.05. The Morgan fingerprint density at radius 2 is 1.80 bits per heavy atom. The molecule has 1 aliphatic rings. The lowest BCUT2D eigenvalue weighted by molar-refractivity contribution is -0.137. The summed E-state index contributed by atoms with van der Waals surface area (Å²) in [7, 11) is 1.49. The maximum absolute atomic E-state index is 13.5. The second kappa shape index (κ2) is 10.7. The number of alkyl halides is 3. The summed E-state index contributed by atoms with van der Waals surface area (Å²) in [6, 6.07) is 16.3. The molecule has 0 aliphatic carbocycles. The molecule has 14 heteroatoms. The number of nitrogens with one attached hydrogen (secondary N) is 3. The number of ether oxygens (including phenoxy) is 1. The third-order valence-electron chi connectivity index (χ3n) is 5.71. The Kier molecular flexibility index (Phi) is 7.29. The van der Waals surface area contributed by atoms with Crippen LogP contribution in [0.15, 0.2) is 64.0 Å². The summed E-state index contributed by atoms with van der Waals surface area (Å²) < 4.78 is 51.4. The van der Waals surface area contributed by atoms with Crippen molar-refractivity contribution >= 4 is 39.7 Å². The van der Waals surface area contributed by atoms with Gasteiger partial charge >= 0.3 is 12.2 Å². The molecule has 3 N–H and O–H groups in total. The minimum absolute atomic E-state index is 0.0802. The quantitative estimate of drug-likeness (QED) is 0.261. The predicted molar refractivity (Wildman–Crippen MR) is 145 cm³/mol. The number of fused-ring (bicyclic) bond motifs is 1. The minimum Gasteiger partial charge on any atom is -0.402 e. The van der Waals surface area contributed by atoms with E-state index in [-0.39, 0.29) is 29.2 Å². The van der Waals surface area contributed by atoms with Gasteiger partial charge in [0.05, 0.1) is 23.5 Å². The van der Waals surface area contributed by atoms with Crippen molar-refractivity contribution in [2.75, 3.05) is 29.7 Å². The molecule has 4 aromatic rings. The Bertz CT molecular complexity index is 1550. The standard InChI is InChI=1S/C26H24F3N7O3S/c1-25(2,13-38-3)34-22-18(32-23(40-22)26(27,28)29)21-35-36-24(39-21)33-19-20(37)30-16-12-8-7-11-15(16)17(31-19)14-9-5-4-6-10-14/h4-12,19,34H,13H2,1-3H3,(H,30,37)(H,33,36)/t19-/m1/s1. The monoisotopic (exact) mass is 571 g/mol. The molecule has 0 spiro atoms. The summed E-state index contributed by atoms with van der Waals surface area (Å²) in [6.07, 6.45) is -5.86. The largest absolute Gasteiger partial charge is 0.443 e. The number of carbonyl (C=O) groups excluding carboxylic acids is 1. The van der Waals surface area contributed by atoms with E-state index in [1.54, 1.807) is 26.0 Å². The van der Waals surface area contributed by atoms with E-state index in [1.807, 2.05) is 42.5 Å². The van der Waals surface area contributed by atoms with E-state index in [0.717, 1.165) is 5.56 Å². The van der Waals surface area contributed by atoms with Crippen LogP contribution in [0.5, 0.6) is 0 Å². The second-order valence-electron chi connectivity index (χ2n) is 9.47. The molecular weight excluding hydrogens is 547 g/mol. The summed E-state index contributed by atoms with van der Waals surface area (Å²) in [5, 5.41) is 15.4. The number of hydrogen-bond donors (Lipinski definition) is 3. The summed E-state index contributed by atoms with van der Waals surface area (Å²) in [6.45, 7) is 3.74. The Labute approximate surface area is 230 Å². The summed E-state index contributed by atoms with van der Waals surface area (Å²) >= 11 is 0.416. The molecule has 10 nitrogen and oxygen atoms in total. The zero-order valence-corrected chi connectivity index (χ0v) is 22.4. The van der Waals surface area contributed by atoms with E-state index in [4.69, 9.17) is 9.15 Å². The number of aliphatic imine (C=N–C) groups is 1. The Morgan fingerprint density at radius 3 is 2.52 bits per heavy atom. The normalized spacial score (nSPS) is 15.6. The molecule has 0 bridgehead atoms. The summed E-state index contributed by atoms with van der Waals surface area (Å²) in [5.74, 6) is -0.760. The van der Waals surface area contributed by atoms with E-state index in [1.165, 1.54) is 7.11 Å². The number of anilines is 3. The lowest BCUT2D eigenvalue weighted by Gasteiger charge is -2.25. The molecule has 2 aromatic heterocycles. The van der Waals surface area contributed by atoms with Gasteiger partial charge in [-0.1, -0.05) is 65.0 Å². The molecule has 0 radical (unpaired) electrons. The van der Waals surface area contributed by atoms with Crippen LogP contribution in [-0.2, 0) is 15.7 Å². The molecule has 3 heterocycles. The van der Waals surface area contributed by atoms with E-state index < -0.39 is 28.8 Å². The van der Waals surface area contributed by atoms with Gasteiger partial charge in [0, 0.05) is 18.2 Å². The number of amides is 1. The predicted octanol–water partition coefficient (Wildman–Crippen LogP) is 5.28. The number of aromatic nitrogens is 3. The van der Waals surface area contributed by atoms with Crippen molar-refractivity contribution in [2.24, 2.45) is 4.99 Å². The molecule has 208 valence electrons. The molecule has 40 heavy (non-hydrogen) atoms. The van der Waals surface area contributed by atoms with Gasteiger partial charge in [-0.15, -0.1) is 5.10 Å². The third kappa shape index (κ3) is 5.82. The topological polar surface area (TPSA) is 127 Å². The van der Waals surface area contributed by atoms with Gasteiger partial charge in [-0.2, -0.15) is 13.2 Å². The zero-order valence-electron chi connectivity index (χ0n) is 21.5. The van der Waals surface area contributed by atoms with E-state index >= 15 is 0 Å². The highest BCUT2D eigenvalue weighted by atomic mass is 32.1. The number of hydrogen-bond acceptors (Lipinski definition) is 10. The molecule has 0 saturated heterocycles. The third-order valence-corrected chi connectivity index (χ3v) is 6.72. The van der Waals surface area contributed by atoms with Crippen LogP contribution in [0.2, 0.25) is 0 Å². The number of benzodiazepines with no additional fused rings is 1. The van der Waals surface area contributed by atoms with Crippen molar-refractivity contribution in [3.05, 3.63) is 70.7 Å². The Hall–Kier alpha value is -4.30. The number of rotatable bonds is 8. The van der Waals surface area contributed by atoms with Crippen molar-refractivity contribution in [1.29, 1.82) is 0 Å². The molecule has 0 saturated carbocycles. The van der Waals surface area contributed by atoms with Crippen molar-refractivity contribution in [2.45, 2.75) is 31.7 Å². The minimum atomic E-state index is -4.68. The zero-order chi connectivity index (χ0) is 28.5. The van der Waals surface area contributed by atoms with Gasteiger partial charge in [0.15, 0.2) is 5.69 Å². The van der Waals surface area contributed by atoms with Crippen LogP contribution < -0.4 is 16.0 Å². The van der Waals surface area contributed by atoms with Crippen molar-refractivity contribution < 1.29 is 27.1 Å². The molecular formula is C26H24F3N7O3S. The number of halogens is 3.